The van der Waals surface area contributed by atoms with Gasteiger partial charge in [0.2, 0.25) is 10.0 Å². The molecule has 2 N–H and O–H groups in total. The van der Waals surface area contributed by atoms with Crippen molar-refractivity contribution in [2.45, 2.75) is 11.9 Å². The number of benzene rings is 1. The summed E-state index contributed by atoms with van der Waals surface area (Å²) in [5.41, 5.74) is 1.17. The molecule has 20 heavy (non-hydrogen) atoms. The van der Waals surface area contributed by atoms with Gasteiger partial charge in [0, 0.05) is 6.54 Å². The number of hydrogen-bond acceptors (Lipinski definition) is 4. The van der Waals surface area contributed by atoms with Crippen molar-refractivity contribution in [3.63, 3.8) is 0 Å². The molecule has 2 aromatic rings. The highest BCUT2D eigenvalue weighted by atomic mass is 32.2. The Bertz CT molecular complexity index is 639. The van der Waals surface area contributed by atoms with Crippen molar-refractivity contribution in [1.82, 2.24) is 4.72 Å². The summed E-state index contributed by atoms with van der Waals surface area (Å²) in [5.74, 6) is -0.657. The molecule has 1 aromatic carbocycles. The van der Waals surface area contributed by atoms with Crippen LogP contribution < -0.4 is 4.72 Å². The zero-order valence-electron chi connectivity index (χ0n) is 10.5. The molecule has 0 aliphatic heterocycles. The topological polar surface area (TPSA) is 66.4 Å². The Balaban J connectivity index is 1.92. The summed E-state index contributed by atoms with van der Waals surface area (Å²) in [6.07, 6.45) is -0.871. The molecule has 7 heteroatoms. The Morgan fingerprint density at radius 2 is 1.95 bits per heavy atom. The largest absolute Gasteiger partial charge is 0.387 e. The van der Waals surface area contributed by atoms with Crippen molar-refractivity contribution in [2.75, 3.05) is 6.54 Å². The first-order chi connectivity index (χ1) is 9.46. The molecule has 0 aliphatic carbocycles. The molecular weight excluding hydrogens is 301 g/mol. The number of nitrogens with one attached hydrogen (secondary N) is 1. The van der Waals surface area contributed by atoms with Crippen LogP contribution in [0.3, 0.4) is 0 Å². The molecule has 0 aliphatic rings. The van der Waals surface area contributed by atoms with Gasteiger partial charge >= 0.3 is 0 Å². The maximum atomic E-state index is 12.7. The fourth-order valence-electron chi connectivity index (χ4n) is 1.64. The van der Waals surface area contributed by atoms with Crippen molar-refractivity contribution in [3.8, 4) is 0 Å². The van der Waals surface area contributed by atoms with Crippen LogP contribution >= 0.6 is 11.3 Å². The van der Waals surface area contributed by atoms with Crippen LogP contribution in [0.25, 0.3) is 0 Å². The summed E-state index contributed by atoms with van der Waals surface area (Å²) in [6, 6.07) is 7.01. The van der Waals surface area contributed by atoms with E-state index in [0.717, 1.165) is 0 Å². The second-order valence-electron chi connectivity index (χ2n) is 4.31. The molecule has 0 bridgehead atoms. The van der Waals surface area contributed by atoms with Crippen LogP contribution in [0, 0.1) is 5.82 Å². The monoisotopic (exact) mass is 315 g/mol. The maximum absolute atomic E-state index is 12.7. The SMILES string of the molecule is O=S(=O)(Cc1ccc(F)cc1)NCC(O)c1ccsc1. The number of halogens is 1. The van der Waals surface area contributed by atoms with Gasteiger partial charge in [-0.1, -0.05) is 12.1 Å². The molecule has 4 nitrogen and oxygen atoms in total. The smallest absolute Gasteiger partial charge is 0.215 e. The fraction of sp³-hybridized carbons (Fsp3) is 0.231. The van der Waals surface area contributed by atoms with E-state index in [-0.39, 0.29) is 12.3 Å². The van der Waals surface area contributed by atoms with E-state index in [1.165, 1.54) is 35.6 Å². The van der Waals surface area contributed by atoms with E-state index in [0.29, 0.717) is 11.1 Å². The van der Waals surface area contributed by atoms with Gasteiger partial charge in [-0.15, -0.1) is 0 Å². The minimum absolute atomic E-state index is 0.0831. The summed E-state index contributed by atoms with van der Waals surface area (Å²) in [5, 5.41) is 13.4. The van der Waals surface area contributed by atoms with Gasteiger partial charge in [-0.3, -0.25) is 0 Å². The molecule has 0 spiro atoms. The molecule has 2 rings (SSSR count). The van der Waals surface area contributed by atoms with Crippen LogP contribution in [0.2, 0.25) is 0 Å². The summed E-state index contributed by atoms with van der Waals surface area (Å²) in [4.78, 5) is 0. The molecule has 0 saturated heterocycles. The highest BCUT2D eigenvalue weighted by Gasteiger charge is 2.15. The summed E-state index contributed by atoms with van der Waals surface area (Å²) >= 11 is 1.43. The highest BCUT2D eigenvalue weighted by Crippen LogP contribution is 2.15. The van der Waals surface area contributed by atoms with Crippen molar-refractivity contribution in [2.24, 2.45) is 0 Å². The lowest BCUT2D eigenvalue weighted by atomic mass is 10.2. The van der Waals surface area contributed by atoms with E-state index in [9.17, 15) is 17.9 Å². The van der Waals surface area contributed by atoms with Crippen molar-refractivity contribution in [1.29, 1.82) is 0 Å². The second kappa shape index (κ2) is 6.45. The van der Waals surface area contributed by atoms with Crippen LogP contribution in [-0.2, 0) is 15.8 Å². The number of rotatable bonds is 6. The molecular formula is C13H14FNO3S2. The Morgan fingerprint density at radius 1 is 1.25 bits per heavy atom. The lowest BCUT2D eigenvalue weighted by molar-refractivity contribution is 0.182. The number of thiophene rings is 1. The first-order valence-corrected chi connectivity index (χ1v) is 8.48. The maximum Gasteiger partial charge on any atom is 0.215 e. The molecule has 1 atom stereocenters. The van der Waals surface area contributed by atoms with E-state index in [1.807, 2.05) is 5.38 Å². The summed E-state index contributed by atoms with van der Waals surface area (Å²) in [6.45, 7) is -0.0831. The van der Waals surface area contributed by atoms with Crippen molar-refractivity contribution in [3.05, 3.63) is 58.0 Å². The van der Waals surface area contributed by atoms with Gasteiger partial charge in [-0.2, -0.15) is 11.3 Å². The lowest BCUT2D eigenvalue weighted by Crippen LogP contribution is -2.29. The molecule has 1 aromatic heterocycles. The quantitative estimate of drug-likeness (QED) is 0.857. The summed E-state index contributed by atoms with van der Waals surface area (Å²) < 4.78 is 38.8. The predicted molar refractivity (Wildman–Crippen MR) is 76.3 cm³/mol. The summed E-state index contributed by atoms with van der Waals surface area (Å²) in [7, 11) is -3.56. The second-order valence-corrected chi connectivity index (χ2v) is 6.89. The van der Waals surface area contributed by atoms with Crippen LogP contribution in [0.5, 0.6) is 0 Å². The number of sulfonamides is 1. The Labute approximate surface area is 120 Å². The van der Waals surface area contributed by atoms with Crippen LogP contribution in [0.4, 0.5) is 4.39 Å². The third kappa shape index (κ3) is 4.38. The normalized spacial score (nSPS) is 13.3. The molecule has 0 radical (unpaired) electrons. The molecule has 1 unspecified atom stereocenters. The lowest BCUT2D eigenvalue weighted by Gasteiger charge is -2.11. The van der Waals surface area contributed by atoms with Gasteiger partial charge in [-0.25, -0.2) is 17.5 Å². The first-order valence-electron chi connectivity index (χ1n) is 5.88. The van der Waals surface area contributed by atoms with E-state index < -0.39 is 21.9 Å². The van der Waals surface area contributed by atoms with E-state index >= 15 is 0 Å². The van der Waals surface area contributed by atoms with Crippen molar-refractivity contribution >= 4 is 21.4 Å². The Hall–Kier alpha value is -1.28. The fourth-order valence-corrected chi connectivity index (χ4v) is 3.49. The number of aliphatic hydroxyl groups is 1. The third-order valence-corrected chi connectivity index (χ3v) is 4.72. The van der Waals surface area contributed by atoms with Gasteiger partial charge in [-0.05, 0) is 40.1 Å². The van der Waals surface area contributed by atoms with Gasteiger partial charge in [0.25, 0.3) is 0 Å². The first kappa shape index (κ1) is 15.1. The number of hydrogen-bond donors (Lipinski definition) is 2. The van der Waals surface area contributed by atoms with Crippen molar-refractivity contribution < 1.29 is 17.9 Å². The third-order valence-electron chi connectivity index (χ3n) is 2.69. The van der Waals surface area contributed by atoms with Gasteiger partial charge in [0.15, 0.2) is 0 Å². The van der Waals surface area contributed by atoms with Gasteiger partial charge in [0.05, 0.1) is 11.9 Å². The molecule has 1 heterocycles. The zero-order valence-corrected chi connectivity index (χ0v) is 12.1. The Kier molecular flexibility index (Phi) is 4.87. The molecule has 108 valence electrons. The van der Waals surface area contributed by atoms with Crippen LogP contribution in [0.1, 0.15) is 17.2 Å². The van der Waals surface area contributed by atoms with Crippen LogP contribution in [0.15, 0.2) is 41.1 Å². The minimum Gasteiger partial charge on any atom is -0.387 e. The zero-order chi connectivity index (χ0) is 14.6. The van der Waals surface area contributed by atoms with Gasteiger partial charge < -0.3 is 5.11 Å². The minimum atomic E-state index is -3.56. The molecule has 0 saturated carbocycles. The van der Waals surface area contributed by atoms with E-state index in [4.69, 9.17) is 0 Å². The van der Waals surface area contributed by atoms with Gasteiger partial charge in [0.1, 0.15) is 5.82 Å². The molecule has 0 amide bonds. The number of aliphatic hydroxyl groups excluding tert-OH is 1. The standard InChI is InChI=1S/C13H14FNO3S2/c14-12-3-1-10(2-4-12)9-20(17,18)15-7-13(16)11-5-6-19-8-11/h1-6,8,13,15-16H,7,9H2. The molecule has 0 fully saturated rings. The predicted octanol–water partition coefficient (Wildman–Crippen LogP) is 2.04. The highest BCUT2D eigenvalue weighted by molar-refractivity contribution is 7.88. The Morgan fingerprint density at radius 3 is 2.55 bits per heavy atom. The van der Waals surface area contributed by atoms with E-state index in [1.54, 1.807) is 11.4 Å². The average molecular weight is 315 g/mol. The average Bonchev–Trinajstić information content (AvgIpc) is 2.93. The van der Waals surface area contributed by atoms with E-state index in [2.05, 4.69) is 4.72 Å². The van der Waals surface area contributed by atoms with Crippen LogP contribution in [-0.4, -0.2) is 20.1 Å².